The van der Waals surface area contributed by atoms with Gasteiger partial charge >= 0.3 is 6.18 Å². The first-order valence-corrected chi connectivity index (χ1v) is 6.78. The van der Waals surface area contributed by atoms with Crippen LogP contribution in [0, 0.1) is 0 Å². The van der Waals surface area contributed by atoms with Crippen LogP contribution in [0.1, 0.15) is 23.6 Å². The molecule has 0 bridgehead atoms. The minimum atomic E-state index is -4.54. The minimum Gasteiger partial charge on any atom is -0.314 e. The molecule has 1 heterocycles. The molecule has 0 aliphatic carbocycles. The molecular formula is C14H17F5N2. The van der Waals surface area contributed by atoms with Gasteiger partial charge in [-0.3, -0.25) is 4.90 Å². The molecule has 0 aromatic heterocycles. The van der Waals surface area contributed by atoms with E-state index in [1.807, 2.05) is 0 Å². The van der Waals surface area contributed by atoms with E-state index in [9.17, 15) is 22.0 Å². The summed E-state index contributed by atoms with van der Waals surface area (Å²) in [5, 5.41) is 3.07. The van der Waals surface area contributed by atoms with Crippen LogP contribution < -0.4 is 5.32 Å². The maximum Gasteiger partial charge on any atom is 0.416 e. The Hall–Kier alpha value is -1.21. The van der Waals surface area contributed by atoms with Crippen LogP contribution in [0.5, 0.6) is 0 Å². The molecule has 0 saturated carbocycles. The van der Waals surface area contributed by atoms with Gasteiger partial charge in [-0.2, -0.15) is 13.2 Å². The molecule has 118 valence electrons. The topological polar surface area (TPSA) is 15.3 Å². The van der Waals surface area contributed by atoms with E-state index in [0.29, 0.717) is 26.2 Å². The highest BCUT2D eigenvalue weighted by atomic mass is 19.4. The van der Waals surface area contributed by atoms with Crippen LogP contribution in [0.4, 0.5) is 22.0 Å². The van der Waals surface area contributed by atoms with E-state index in [2.05, 4.69) is 5.32 Å². The lowest BCUT2D eigenvalue weighted by Gasteiger charge is -2.36. The quantitative estimate of drug-likeness (QED) is 0.859. The number of hydrogen-bond acceptors (Lipinski definition) is 2. The van der Waals surface area contributed by atoms with Crippen molar-refractivity contribution in [2.45, 2.75) is 25.1 Å². The number of nitrogens with one attached hydrogen (secondary N) is 1. The Bertz CT molecular complexity index is 455. The number of alkyl halides is 5. The monoisotopic (exact) mass is 308 g/mol. The van der Waals surface area contributed by atoms with Gasteiger partial charge in [-0.25, -0.2) is 8.78 Å². The zero-order valence-electron chi connectivity index (χ0n) is 11.3. The smallest absolute Gasteiger partial charge is 0.314 e. The first kappa shape index (κ1) is 16.2. The van der Waals surface area contributed by atoms with Crippen LogP contribution in [0.2, 0.25) is 0 Å². The van der Waals surface area contributed by atoms with Crippen molar-refractivity contribution in [2.24, 2.45) is 0 Å². The molecule has 1 saturated heterocycles. The van der Waals surface area contributed by atoms with Crippen molar-refractivity contribution in [1.82, 2.24) is 10.2 Å². The molecular weight excluding hydrogens is 291 g/mol. The van der Waals surface area contributed by atoms with Crippen molar-refractivity contribution in [3.05, 3.63) is 35.4 Å². The highest BCUT2D eigenvalue weighted by Gasteiger charge is 2.37. The first-order valence-electron chi connectivity index (χ1n) is 6.78. The molecule has 1 aromatic rings. The van der Waals surface area contributed by atoms with E-state index in [0.717, 1.165) is 6.07 Å². The maximum absolute atomic E-state index is 13.1. The zero-order valence-corrected chi connectivity index (χ0v) is 11.3. The van der Waals surface area contributed by atoms with Gasteiger partial charge in [0.1, 0.15) is 0 Å². The van der Waals surface area contributed by atoms with Crippen molar-refractivity contribution >= 4 is 0 Å². The number of benzene rings is 1. The Morgan fingerprint density at radius 1 is 1.10 bits per heavy atom. The first-order chi connectivity index (χ1) is 9.89. The molecule has 0 amide bonds. The molecule has 1 aromatic carbocycles. The minimum absolute atomic E-state index is 0.0628. The maximum atomic E-state index is 13.1. The van der Waals surface area contributed by atoms with Crippen LogP contribution in [0.3, 0.4) is 0 Å². The number of piperazine rings is 1. The van der Waals surface area contributed by atoms with Crippen molar-refractivity contribution in [2.75, 3.05) is 26.2 Å². The third-order valence-corrected chi connectivity index (χ3v) is 3.62. The van der Waals surface area contributed by atoms with Crippen molar-refractivity contribution < 1.29 is 22.0 Å². The van der Waals surface area contributed by atoms with Crippen LogP contribution in [0.25, 0.3) is 0 Å². The summed E-state index contributed by atoms with van der Waals surface area (Å²) in [6.07, 6.45) is -7.77. The number of hydrogen-bond donors (Lipinski definition) is 1. The standard InChI is InChI=1S/C14H17F5N2/c15-13(16)9-12(21-7-5-20-6-8-21)10-3-1-2-4-11(10)14(17,18)19/h1-4,12-13,20H,5-9H2/t12-/m1/s1. The van der Waals surface area contributed by atoms with Crippen LogP contribution in [-0.2, 0) is 6.18 Å². The lowest BCUT2D eigenvalue weighted by molar-refractivity contribution is -0.139. The van der Waals surface area contributed by atoms with Gasteiger partial charge in [0.15, 0.2) is 0 Å². The van der Waals surface area contributed by atoms with E-state index in [1.54, 1.807) is 4.90 Å². The third-order valence-electron chi connectivity index (χ3n) is 3.62. The highest BCUT2D eigenvalue weighted by Crippen LogP contribution is 2.38. The van der Waals surface area contributed by atoms with Crippen LogP contribution in [0.15, 0.2) is 24.3 Å². The molecule has 0 spiro atoms. The number of rotatable bonds is 4. The molecule has 1 aliphatic heterocycles. The van der Waals surface area contributed by atoms with Crippen molar-refractivity contribution in [3.8, 4) is 0 Å². The Labute approximate surface area is 119 Å². The molecule has 7 heteroatoms. The Morgan fingerprint density at radius 3 is 2.29 bits per heavy atom. The average Bonchev–Trinajstić information content (AvgIpc) is 2.44. The van der Waals surface area contributed by atoms with Gasteiger partial charge in [0.2, 0.25) is 6.43 Å². The predicted octanol–water partition coefficient (Wildman–Crippen LogP) is 3.31. The summed E-state index contributed by atoms with van der Waals surface area (Å²) in [4.78, 5) is 1.70. The zero-order chi connectivity index (χ0) is 15.5. The summed E-state index contributed by atoms with van der Waals surface area (Å²) in [6.45, 7) is 2.11. The van der Waals surface area contributed by atoms with E-state index >= 15 is 0 Å². The lowest BCUT2D eigenvalue weighted by Crippen LogP contribution is -2.45. The van der Waals surface area contributed by atoms with E-state index in [1.165, 1.54) is 18.2 Å². The van der Waals surface area contributed by atoms with Gasteiger partial charge in [0.05, 0.1) is 5.56 Å². The SMILES string of the molecule is FC(F)C[C@H](c1ccccc1C(F)(F)F)N1CCNCC1. The lowest BCUT2D eigenvalue weighted by atomic mass is 9.95. The molecule has 21 heavy (non-hydrogen) atoms. The average molecular weight is 308 g/mol. The molecule has 1 N–H and O–H groups in total. The fourth-order valence-electron chi connectivity index (χ4n) is 2.68. The fourth-order valence-corrected chi connectivity index (χ4v) is 2.68. The molecule has 2 rings (SSSR count). The molecule has 1 atom stereocenters. The normalized spacial score (nSPS) is 19.0. The third kappa shape index (κ3) is 4.14. The Morgan fingerprint density at radius 2 is 1.71 bits per heavy atom. The second-order valence-electron chi connectivity index (χ2n) is 5.01. The van der Waals surface area contributed by atoms with Crippen molar-refractivity contribution in [3.63, 3.8) is 0 Å². The Balaban J connectivity index is 2.36. The molecule has 0 radical (unpaired) electrons. The summed E-state index contributed by atoms with van der Waals surface area (Å²) in [5.74, 6) is 0. The van der Waals surface area contributed by atoms with Gasteiger partial charge in [-0.1, -0.05) is 18.2 Å². The number of nitrogens with zero attached hydrogens (tertiary/aromatic N) is 1. The van der Waals surface area contributed by atoms with Crippen molar-refractivity contribution in [1.29, 1.82) is 0 Å². The van der Waals surface area contributed by atoms with E-state index < -0.39 is 30.6 Å². The molecule has 2 nitrogen and oxygen atoms in total. The van der Waals surface area contributed by atoms with E-state index in [-0.39, 0.29) is 5.56 Å². The summed E-state index contributed by atoms with van der Waals surface area (Å²) in [6, 6.07) is 4.09. The Kier molecular flexibility index (Phi) is 5.16. The molecule has 1 aliphatic rings. The second-order valence-corrected chi connectivity index (χ2v) is 5.01. The van der Waals surface area contributed by atoms with Gasteiger partial charge in [-0.05, 0) is 11.6 Å². The van der Waals surface area contributed by atoms with Crippen LogP contribution >= 0.6 is 0 Å². The largest absolute Gasteiger partial charge is 0.416 e. The molecule has 0 unspecified atom stereocenters. The summed E-state index contributed by atoms with van der Waals surface area (Å²) < 4.78 is 64.9. The summed E-state index contributed by atoms with van der Waals surface area (Å²) >= 11 is 0. The van der Waals surface area contributed by atoms with Gasteiger partial charge in [0, 0.05) is 38.6 Å². The number of halogens is 5. The summed E-state index contributed by atoms with van der Waals surface area (Å²) in [7, 11) is 0. The summed E-state index contributed by atoms with van der Waals surface area (Å²) in [5.41, 5.74) is -0.888. The highest BCUT2D eigenvalue weighted by molar-refractivity contribution is 5.32. The van der Waals surface area contributed by atoms with Gasteiger partial charge < -0.3 is 5.32 Å². The van der Waals surface area contributed by atoms with Crippen LogP contribution in [-0.4, -0.2) is 37.5 Å². The second kappa shape index (κ2) is 6.70. The van der Waals surface area contributed by atoms with Gasteiger partial charge in [0.25, 0.3) is 0 Å². The fraction of sp³-hybridized carbons (Fsp3) is 0.571. The predicted molar refractivity (Wildman–Crippen MR) is 69.2 cm³/mol. The van der Waals surface area contributed by atoms with Gasteiger partial charge in [-0.15, -0.1) is 0 Å². The molecule has 1 fully saturated rings. The van der Waals surface area contributed by atoms with E-state index in [4.69, 9.17) is 0 Å².